The predicted molar refractivity (Wildman–Crippen MR) is 79.1 cm³/mol. The van der Waals surface area contributed by atoms with Crippen molar-refractivity contribution in [1.29, 1.82) is 0 Å². The fourth-order valence-electron chi connectivity index (χ4n) is 2.11. The van der Waals surface area contributed by atoms with Crippen LogP contribution in [0.1, 0.15) is 38.0 Å². The Morgan fingerprint density at radius 2 is 1.90 bits per heavy atom. The summed E-state index contributed by atoms with van der Waals surface area (Å²) in [6.45, 7) is 9.02. The summed E-state index contributed by atoms with van der Waals surface area (Å²) in [4.78, 5) is 6.75. The van der Waals surface area contributed by atoms with Gasteiger partial charge in [0.1, 0.15) is 0 Å². The first kappa shape index (κ1) is 14.7. The van der Waals surface area contributed by atoms with Crippen molar-refractivity contribution >= 4 is 0 Å². The first-order valence-corrected chi connectivity index (χ1v) is 7.25. The Bertz CT molecular complexity index is 507. The summed E-state index contributed by atoms with van der Waals surface area (Å²) >= 11 is 0. The number of benzene rings is 1. The summed E-state index contributed by atoms with van der Waals surface area (Å²) in [6.07, 6.45) is 0.869. The maximum absolute atomic E-state index is 5.33. The van der Waals surface area contributed by atoms with Gasteiger partial charge in [0, 0.05) is 13.0 Å². The van der Waals surface area contributed by atoms with Crippen LogP contribution in [0.5, 0.6) is 0 Å². The highest BCUT2D eigenvalue weighted by atomic mass is 16.5. The van der Waals surface area contributed by atoms with E-state index >= 15 is 0 Å². The topological polar surface area (TPSA) is 42.2 Å². The normalized spacial score (nSPS) is 11.4. The summed E-state index contributed by atoms with van der Waals surface area (Å²) in [5, 5.41) is 4.04. The summed E-state index contributed by atoms with van der Waals surface area (Å²) in [6, 6.07) is 10.4. The average Bonchev–Trinajstić information content (AvgIpc) is 2.85. The molecule has 108 valence electrons. The van der Waals surface area contributed by atoms with Crippen molar-refractivity contribution in [2.75, 3.05) is 6.54 Å². The Labute approximate surface area is 120 Å². The molecule has 4 heteroatoms. The third-order valence-corrected chi connectivity index (χ3v) is 3.16. The third kappa shape index (κ3) is 4.46. The zero-order valence-electron chi connectivity index (χ0n) is 12.5. The molecule has 1 heterocycles. The molecule has 0 saturated heterocycles. The largest absolute Gasteiger partial charge is 0.338 e. The van der Waals surface area contributed by atoms with Crippen LogP contribution in [-0.4, -0.2) is 21.6 Å². The molecule has 0 spiro atoms. The van der Waals surface area contributed by atoms with Crippen LogP contribution in [0.2, 0.25) is 0 Å². The van der Waals surface area contributed by atoms with E-state index in [0.717, 1.165) is 25.3 Å². The zero-order valence-corrected chi connectivity index (χ0v) is 12.5. The molecule has 0 aliphatic rings. The monoisotopic (exact) mass is 273 g/mol. The van der Waals surface area contributed by atoms with Crippen LogP contribution in [0.25, 0.3) is 0 Å². The molecule has 1 aromatic heterocycles. The molecular weight excluding hydrogens is 250 g/mol. The van der Waals surface area contributed by atoms with E-state index < -0.39 is 0 Å². The standard InChI is InChI=1S/C16H23N3O/c1-4-19(11-14-8-6-5-7-9-14)12-16-17-15(18-20-16)10-13(2)3/h5-9,13H,4,10-12H2,1-3H3. The van der Waals surface area contributed by atoms with Crippen molar-refractivity contribution in [3.63, 3.8) is 0 Å². The van der Waals surface area contributed by atoms with E-state index in [2.05, 4.69) is 60.1 Å². The molecule has 2 rings (SSSR count). The van der Waals surface area contributed by atoms with Gasteiger partial charge in [-0.1, -0.05) is 56.3 Å². The second-order valence-electron chi connectivity index (χ2n) is 5.49. The number of nitrogens with zero attached hydrogens (tertiary/aromatic N) is 3. The Balaban J connectivity index is 1.94. The highest BCUT2D eigenvalue weighted by Crippen LogP contribution is 2.10. The fourth-order valence-corrected chi connectivity index (χ4v) is 2.11. The van der Waals surface area contributed by atoms with Crippen LogP contribution in [0, 0.1) is 5.92 Å². The van der Waals surface area contributed by atoms with Crippen LogP contribution in [0.15, 0.2) is 34.9 Å². The Morgan fingerprint density at radius 1 is 1.15 bits per heavy atom. The lowest BCUT2D eigenvalue weighted by atomic mass is 10.1. The molecule has 0 fully saturated rings. The molecular formula is C16H23N3O. The van der Waals surface area contributed by atoms with E-state index in [9.17, 15) is 0 Å². The number of rotatable bonds is 7. The van der Waals surface area contributed by atoms with Gasteiger partial charge in [0.15, 0.2) is 5.82 Å². The molecule has 0 aliphatic heterocycles. The first-order chi connectivity index (χ1) is 9.67. The predicted octanol–water partition coefficient (Wildman–Crippen LogP) is 3.29. The molecule has 0 radical (unpaired) electrons. The van der Waals surface area contributed by atoms with Crippen LogP contribution in [0.4, 0.5) is 0 Å². The van der Waals surface area contributed by atoms with Gasteiger partial charge >= 0.3 is 0 Å². The lowest BCUT2D eigenvalue weighted by Crippen LogP contribution is -2.22. The molecule has 1 aromatic carbocycles. The minimum absolute atomic E-state index is 0.548. The summed E-state index contributed by atoms with van der Waals surface area (Å²) in [5.74, 6) is 2.07. The van der Waals surface area contributed by atoms with Crippen molar-refractivity contribution in [2.24, 2.45) is 5.92 Å². The lowest BCUT2D eigenvalue weighted by molar-refractivity contribution is 0.228. The zero-order chi connectivity index (χ0) is 14.4. The van der Waals surface area contributed by atoms with Gasteiger partial charge in [0.2, 0.25) is 5.89 Å². The highest BCUT2D eigenvalue weighted by Gasteiger charge is 2.12. The van der Waals surface area contributed by atoms with Gasteiger partial charge in [-0.05, 0) is 18.0 Å². The van der Waals surface area contributed by atoms with Crippen LogP contribution in [-0.2, 0) is 19.5 Å². The first-order valence-electron chi connectivity index (χ1n) is 7.25. The van der Waals surface area contributed by atoms with Gasteiger partial charge in [0.05, 0.1) is 6.54 Å². The van der Waals surface area contributed by atoms with Crippen LogP contribution >= 0.6 is 0 Å². The molecule has 0 amide bonds. The van der Waals surface area contributed by atoms with Gasteiger partial charge in [-0.25, -0.2) is 0 Å². The number of aromatic nitrogens is 2. The molecule has 0 unspecified atom stereocenters. The maximum Gasteiger partial charge on any atom is 0.240 e. The van der Waals surface area contributed by atoms with E-state index in [1.807, 2.05) is 6.07 Å². The molecule has 20 heavy (non-hydrogen) atoms. The molecule has 0 saturated carbocycles. The quantitative estimate of drug-likeness (QED) is 0.776. The fraction of sp³-hybridized carbons (Fsp3) is 0.500. The molecule has 0 N–H and O–H groups in total. The maximum atomic E-state index is 5.33. The van der Waals surface area contributed by atoms with E-state index in [-0.39, 0.29) is 0 Å². The molecule has 0 atom stereocenters. The average molecular weight is 273 g/mol. The smallest absolute Gasteiger partial charge is 0.240 e. The second kappa shape index (κ2) is 7.20. The number of hydrogen-bond donors (Lipinski definition) is 0. The Morgan fingerprint density at radius 3 is 2.55 bits per heavy atom. The number of hydrogen-bond acceptors (Lipinski definition) is 4. The summed E-state index contributed by atoms with van der Waals surface area (Å²) < 4.78 is 5.33. The van der Waals surface area contributed by atoms with E-state index in [1.54, 1.807) is 0 Å². The Kier molecular flexibility index (Phi) is 5.30. The van der Waals surface area contributed by atoms with Gasteiger partial charge < -0.3 is 4.52 Å². The second-order valence-corrected chi connectivity index (χ2v) is 5.49. The minimum atomic E-state index is 0.548. The molecule has 0 bridgehead atoms. The van der Waals surface area contributed by atoms with E-state index in [0.29, 0.717) is 18.4 Å². The van der Waals surface area contributed by atoms with Crippen molar-refractivity contribution in [1.82, 2.24) is 15.0 Å². The molecule has 4 nitrogen and oxygen atoms in total. The van der Waals surface area contributed by atoms with Crippen LogP contribution in [0.3, 0.4) is 0 Å². The molecule has 2 aromatic rings. The third-order valence-electron chi connectivity index (χ3n) is 3.16. The Hall–Kier alpha value is -1.68. The van der Waals surface area contributed by atoms with Gasteiger partial charge in [-0.2, -0.15) is 4.98 Å². The van der Waals surface area contributed by atoms with Crippen LogP contribution < -0.4 is 0 Å². The van der Waals surface area contributed by atoms with Crippen molar-refractivity contribution < 1.29 is 4.52 Å². The van der Waals surface area contributed by atoms with E-state index in [4.69, 9.17) is 4.52 Å². The van der Waals surface area contributed by atoms with Gasteiger partial charge in [-0.3, -0.25) is 4.90 Å². The minimum Gasteiger partial charge on any atom is -0.338 e. The summed E-state index contributed by atoms with van der Waals surface area (Å²) in [5.41, 5.74) is 1.30. The van der Waals surface area contributed by atoms with Crippen molar-refractivity contribution in [3.8, 4) is 0 Å². The van der Waals surface area contributed by atoms with Gasteiger partial charge in [0.25, 0.3) is 0 Å². The van der Waals surface area contributed by atoms with Crippen molar-refractivity contribution in [3.05, 3.63) is 47.6 Å². The summed E-state index contributed by atoms with van der Waals surface area (Å²) in [7, 11) is 0. The SMILES string of the molecule is CCN(Cc1ccccc1)Cc1nc(CC(C)C)no1. The van der Waals surface area contributed by atoms with Gasteiger partial charge in [-0.15, -0.1) is 0 Å². The molecule has 0 aliphatic carbocycles. The van der Waals surface area contributed by atoms with E-state index in [1.165, 1.54) is 5.56 Å². The van der Waals surface area contributed by atoms with Crippen molar-refractivity contribution in [2.45, 2.75) is 40.3 Å². The lowest BCUT2D eigenvalue weighted by Gasteiger charge is -2.18. The highest BCUT2D eigenvalue weighted by molar-refractivity contribution is 5.14.